The summed E-state index contributed by atoms with van der Waals surface area (Å²) in [6, 6.07) is 11.4. The zero-order chi connectivity index (χ0) is 18.2. The summed E-state index contributed by atoms with van der Waals surface area (Å²) in [6.45, 7) is 2.55. The average Bonchev–Trinajstić information content (AvgIpc) is 2.98. The van der Waals surface area contributed by atoms with Gasteiger partial charge in [-0.05, 0) is 43.9 Å². The Kier molecular flexibility index (Phi) is 7.55. The highest BCUT2D eigenvalue weighted by atomic mass is 35.5. The second-order valence-electron chi connectivity index (χ2n) is 6.02. The van der Waals surface area contributed by atoms with Crippen molar-refractivity contribution in [2.45, 2.75) is 13.1 Å². The molecule has 0 bridgehead atoms. The lowest BCUT2D eigenvalue weighted by Gasteiger charge is -2.17. The van der Waals surface area contributed by atoms with Gasteiger partial charge in [0.1, 0.15) is 12.4 Å². The van der Waals surface area contributed by atoms with E-state index in [1.165, 1.54) is 11.3 Å². The number of benzene rings is 1. The second-order valence-corrected chi connectivity index (χ2v) is 7.82. The molecule has 0 fully saturated rings. The predicted octanol–water partition coefficient (Wildman–Crippen LogP) is 3.68. The summed E-state index contributed by atoms with van der Waals surface area (Å²) in [5, 5.41) is 2.91. The fourth-order valence-corrected chi connectivity index (χ4v) is 3.25. The third-order valence-electron chi connectivity index (χ3n) is 3.54. The molecule has 2 amide bonds. The van der Waals surface area contributed by atoms with E-state index in [0.717, 1.165) is 27.1 Å². The first kappa shape index (κ1) is 19.6. The van der Waals surface area contributed by atoms with Crippen LogP contribution in [0.1, 0.15) is 10.4 Å². The van der Waals surface area contributed by atoms with Crippen LogP contribution >= 0.6 is 22.9 Å². The van der Waals surface area contributed by atoms with Crippen molar-refractivity contribution >= 4 is 29.0 Å². The number of hydrogen-bond donors (Lipinski definition) is 1. The van der Waals surface area contributed by atoms with Crippen molar-refractivity contribution in [2.75, 3.05) is 34.3 Å². The first-order valence-electron chi connectivity index (χ1n) is 8.03. The van der Waals surface area contributed by atoms with Gasteiger partial charge < -0.3 is 19.9 Å². The van der Waals surface area contributed by atoms with Gasteiger partial charge in [-0.2, -0.15) is 0 Å². The number of hydrogen-bond acceptors (Lipinski definition) is 4. The van der Waals surface area contributed by atoms with Gasteiger partial charge >= 0.3 is 6.03 Å². The molecule has 0 atom stereocenters. The number of likely N-dealkylation sites (N-methyl/N-ethyl adjacent to an activating group) is 1. The fourth-order valence-electron chi connectivity index (χ4n) is 2.10. The topological polar surface area (TPSA) is 44.8 Å². The SMILES string of the molecule is CN(C)CCOc1ccc(CNC(=O)N(C)Cc2ccc(Cl)s2)cc1. The maximum Gasteiger partial charge on any atom is 0.317 e. The Morgan fingerprint density at radius 2 is 1.88 bits per heavy atom. The van der Waals surface area contributed by atoms with E-state index in [4.69, 9.17) is 16.3 Å². The number of carbonyl (C=O) groups excluding carboxylic acids is 1. The maximum absolute atomic E-state index is 12.2. The van der Waals surface area contributed by atoms with Crippen LogP contribution < -0.4 is 10.1 Å². The molecule has 2 rings (SSSR count). The van der Waals surface area contributed by atoms with Crippen LogP contribution in [0.4, 0.5) is 4.79 Å². The lowest BCUT2D eigenvalue weighted by atomic mass is 10.2. The van der Waals surface area contributed by atoms with Crippen molar-refractivity contribution in [3.8, 4) is 5.75 Å². The van der Waals surface area contributed by atoms with Crippen LogP contribution in [0.15, 0.2) is 36.4 Å². The summed E-state index contributed by atoms with van der Waals surface area (Å²) in [6.07, 6.45) is 0. The number of ether oxygens (including phenoxy) is 1. The van der Waals surface area contributed by atoms with E-state index in [-0.39, 0.29) is 6.03 Å². The van der Waals surface area contributed by atoms with Crippen molar-refractivity contribution in [2.24, 2.45) is 0 Å². The van der Waals surface area contributed by atoms with Crippen molar-refractivity contribution in [3.05, 3.63) is 51.2 Å². The summed E-state index contributed by atoms with van der Waals surface area (Å²) in [5.41, 5.74) is 1.03. The zero-order valence-electron chi connectivity index (χ0n) is 14.8. The largest absolute Gasteiger partial charge is 0.492 e. The molecule has 0 aliphatic carbocycles. The van der Waals surface area contributed by atoms with Crippen LogP contribution in [-0.4, -0.2) is 50.1 Å². The standard InChI is InChI=1S/C18H24ClN3O2S/c1-21(2)10-11-24-15-6-4-14(5-7-15)12-20-18(23)22(3)13-16-8-9-17(19)25-16/h4-9H,10-13H2,1-3H3,(H,20,23). The van der Waals surface area contributed by atoms with Crippen molar-refractivity contribution in [3.63, 3.8) is 0 Å². The third-order valence-corrected chi connectivity index (χ3v) is 4.76. The average molecular weight is 382 g/mol. The first-order valence-corrected chi connectivity index (χ1v) is 9.23. The van der Waals surface area contributed by atoms with Gasteiger partial charge in [0.2, 0.25) is 0 Å². The molecule has 0 spiro atoms. The number of amides is 2. The van der Waals surface area contributed by atoms with E-state index in [1.54, 1.807) is 11.9 Å². The molecule has 0 unspecified atom stereocenters. The summed E-state index contributed by atoms with van der Waals surface area (Å²) >= 11 is 7.40. The van der Waals surface area contributed by atoms with E-state index in [9.17, 15) is 4.79 Å². The fraction of sp³-hybridized carbons (Fsp3) is 0.389. The van der Waals surface area contributed by atoms with E-state index in [0.29, 0.717) is 19.7 Å². The number of carbonyl (C=O) groups is 1. The monoisotopic (exact) mass is 381 g/mol. The number of urea groups is 1. The quantitative estimate of drug-likeness (QED) is 0.758. The summed E-state index contributed by atoms with van der Waals surface area (Å²) in [5.74, 6) is 0.837. The Labute approximate surface area is 158 Å². The third kappa shape index (κ3) is 6.94. The highest BCUT2D eigenvalue weighted by Gasteiger charge is 2.10. The zero-order valence-corrected chi connectivity index (χ0v) is 16.4. The Bertz CT molecular complexity index is 673. The van der Waals surface area contributed by atoms with Crippen LogP contribution in [0.5, 0.6) is 5.75 Å². The molecule has 1 heterocycles. The minimum absolute atomic E-state index is 0.115. The van der Waals surface area contributed by atoms with Gasteiger partial charge in [-0.15, -0.1) is 11.3 Å². The molecule has 1 aromatic heterocycles. The lowest BCUT2D eigenvalue weighted by molar-refractivity contribution is 0.207. The predicted molar refractivity (Wildman–Crippen MR) is 104 cm³/mol. The van der Waals surface area contributed by atoms with Gasteiger partial charge in [0.25, 0.3) is 0 Å². The van der Waals surface area contributed by atoms with Crippen LogP contribution in [-0.2, 0) is 13.1 Å². The van der Waals surface area contributed by atoms with Crippen molar-refractivity contribution in [1.29, 1.82) is 0 Å². The molecule has 7 heteroatoms. The molecule has 2 aromatic rings. The van der Waals surface area contributed by atoms with Gasteiger partial charge in [-0.3, -0.25) is 0 Å². The number of nitrogens with zero attached hydrogens (tertiary/aromatic N) is 2. The highest BCUT2D eigenvalue weighted by molar-refractivity contribution is 7.16. The van der Waals surface area contributed by atoms with E-state index in [1.807, 2.05) is 50.5 Å². The van der Waals surface area contributed by atoms with Crippen molar-refractivity contribution in [1.82, 2.24) is 15.1 Å². The van der Waals surface area contributed by atoms with Crippen LogP contribution in [0.25, 0.3) is 0 Å². The number of halogens is 1. The van der Waals surface area contributed by atoms with E-state index in [2.05, 4.69) is 10.2 Å². The molecule has 0 aliphatic heterocycles. The molecular weight excluding hydrogens is 358 g/mol. The van der Waals surface area contributed by atoms with Crippen LogP contribution in [0, 0.1) is 0 Å². The highest BCUT2D eigenvalue weighted by Crippen LogP contribution is 2.22. The molecule has 0 saturated carbocycles. The summed E-state index contributed by atoms with van der Waals surface area (Å²) in [7, 11) is 5.79. The molecule has 1 N–H and O–H groups in total. The Hall–Kier alpha value is -1.76. The van der Waals surface area contributed by atoms with Crippen LogP contribution in [0.3, 0.4) is 0 Å². The minimum atomic E-state index is -0.115. The summed E-state index contributed by atoms with van der Waals surface area (Å²) < 4.78 is 6.39. The van der Waals surface area contributed by atoms with E-state index < -0.39 is 0 Å². The first-order chi connectivity index (χ1) is 11.9. The second kappa shape index (κ2) is 9.65. The molecule has 0 radical (unpaired) electrons. The molecule has 136 valence electrons. The van der Waals surface area contributed by atoms with Gasteiger partial charge in [0, 0.05) is 25.0 Å². The normalized spacial score (nSPS) is 10.8. The Morgan fingerprint density at radius 3 is 2.48 bits per heavy atom. The van der Waals surface area contributed by atoms with Gasteiger partial charge in [0.05, 0.1) is 10.9 Å². The van der Waals surface area contributed by atoms with Crippen LogP contribution in [0.2, 0.25) is 4.34 Å². The maximum atomic E-state index is 12.2. The van der Waals surface area contributed by atoms with Gasteiger partial charge in [-0.25, -0.2) is 4.79 Å². The molecule has 1 aromatic carbocycles. The van der Waals surface area contributed by atoms with Gasteiger partial charge in [0.15, 0.2) is 0 Å². The molecule has 0 aliphatic rings. The molecular formula is C18H24ClN3O2S. The molecule has 0 saturated heterocycles. The van der Waals surface area contributed by atoms with Crippen molar-refractivity contribution < 1.29 is 9.53 Å². The molecule has 25 heavy (non-hydrogen) atoms. The number of rotatable bonds is 8. The summed E-state index contributed by atoms with van der Waals surface area (Å²) in [4.78, 5) is 16.9. The molecule has 5 nitrogen and oxygen atoms in total. The Morgan fingerprint density at radius 1 is 1.16 bits per heavy atom. The van der Waals surface area contributed by atoms with E-state index >= 15 is 0 Å². The number of thiophene rings is 1. The minimum Gasteiger partial charge on any atom is -0.492 e. The number of nitrogens with one attached hydrogen (secondary N) is 1. The van der Waals surface area contributed by atoms with Gasteiger partial charge in [-0.1, -0.05) is 23.7 Å². The lowest BCUT2D eigenvalue weighted by Crippen LogP contribution is -2.36. The Balaban J connectivity index is 1.75. The smallest absolute Gasteiger partial charge is 0.317 e.